The molecule has 0 radical (unpaired) electrons. The molecular formula is C11H14N4O4. The molecule has 0 aliphatic rings. The number of imidazole rings is 1. The van der Waals surface area contributed by atoms with E-state index in [9.17, 15) is 14.4 Å². The Morgan fingerprint density at radius 1 is 1.42 bits per heavy atom. The molecular weight excluding hydrogens is 252 g/mol. The zero-order valence-electron chi connectivity index (χ0n) is 10.7. The Kier molecular flexibility index (Phi) is 3.24. The lowest BCUT2D eigenvalue weighted by Crippen LogP contribution is -2.39. The van der Waals surface area contributed by atoms with Gasteiger partial charge in [-0.2, -0.15) is 0 Å². The number of carboxylic acid groups (broad SMARTS) is 1. The van der Waals surface area contributed by atoms with Crippen LogP contribution in [0.1, 0.15) is 13.3 Å². The summed E-state index contributed by atoms with van der Waals surface area (Å²) in [5.41, 5.74) is -0.611. The van der Waals surface area contributed by atoms with E-state index in [1.54, 1.807) is 0 Å². The van der Waals surface area contributed by atoms with E-state index >= 15 is 0 Å². The highest BCUT2D eigenvalue weighted by Crippen LogP contribution is 2.05. The lowest BCUT2D eigenvalue weighted by molar-refractivity contribution is -0.137. The molecule has 0 amide bonds. The van der Waals surface area contributed by atoms with Gasteiger partial charge < -0.3 is 9.67 Å². The number of aryl methyl sites for hydroxylation is 1. The van der Waals surface area contributed by atoms with E-state index in [1.807, 2.05) is 6.92 Å². The first-order valence-corrected chi connectivity index (χ1v) is 5.83. The second-order valence-corrected chi connectivity index (χ2v) is 4.24. The summed E-state index contributed by atoms with van der Waals surface area (Å²) in [6, 6.07) is 0. The Morgan fingerprint density at radius 3 is 2.68 bits per heavy atom. The average Bonchev–Trinajstić information content (AvgIpc) is 2.75. The third kappa shape index (κ3) is 2.05. The number of carbonyl (C=O) groups is 1. The van der Waals surface area contributed by atoms with Gasteiger partial charge in [-0.15, -0.1) is 0 Å². The monoisotopic (exact) mass is 266 g/mol. The van der Waals surface area contributed by atoms with Gasteiger partial charge in [0.05, 0.1) is 6.33 Å². The van der Waals surface area contributed by atoms with E-state index < -0.39 is 17.2 Å². The fourth-order valence-electron chi connectivity index (χ4n) is 2.01. The molecule has 1 N–H and O–H groups in total. The van der Waals surface area contributed by atoms with E-state index in [1.165, 1.54) is 22.5 Å². The summed E-state index contributed by atoms with van der Waals surface area (Å²) >= 11 is 0. The molecule has 102 valence electrons. The van der Waals surface area contributed by atoms with E-state index in [0.29, 0.717) is 13.0 Å². The molecule has 0 saturated heterocycles. The van der Waals surface area contributed by atoms with Crippen LogP contribution < -0.4 is 11.2 Å². The largest absolute Gasteiger partial charge is 0.480 e. The average molecular weight is 266 g/mol. The normalized spacial score (nSPS) is 11.1. The second-order valence-electron chi connectivity index (χ2n) is 4.24. The molecule has 2 aromatic heterocycles. The van der Waals surface area contributed by atoms with Crippen LogP contribution in [0.25, 0.3) is 11.2 Å². The van der Waals surface area contributed by atoms with Crippen molar-refractivity contribution in [1.29, 1.82) is 0 Å². The van der Waals surface area contributed by atoms with Crippen LogP contribution in [0.15, 0.2) is 15.9 Å². The Balaban J connectivity index is 2.83. The van der Waals surface area contributed by atoms with Gasteiger partial charge in [-0.3, -0.25) is 18.7 Å². The van der Waals surface area contributed by atoms with Crippen LogP contribution >= 0.6 is 0 Å². The van der Waals surface area contributed by atoms with Gasteiger partial charge in [0.2, 0.25) is 0 Å². The fraction of sp³-hybridized carbons (Fsp3) is 0.455. The van der Waals surface area contributed by atoms with Crippen molar-refractivity contribution in [3.63, 3.8) is 0 Å². The van der Waals surface area contributed by atoms with Gasteiger partial charge in [0.15, 0.2) is 11.2 Å². The molecule has 8 heteroatoms. The van der Waals surface area contributed by atoms with Gasteiger partial charge in [-0.1, -0.05) is 6.92 Å². The molecule has 0 spiro atoms. The molecule has 0 aromatic carbocycles. The molecule has 2 rings (SSSR count). The topological polar surface area (TPSA) is 99.1 Å². The van der Waals surface area contributed by atoms with Crippen molar-refractivity contribution in [2.75, 3.05) is 0 Å². The zero-order chi connectivity index (χ0) is 14.2. The summed E-state index contributed by atoms with van der Waals surface area (Å²) in [4.78, 5) is 38.9. The van der Waals surface area contributed by atoms with Gasteiger partial charge in [-0.25, -0.2) is 9.78 Å². The van der Waals surface area contributed by atoms with Crippen molar-refractivity contribution in [2.45, 2.75) is 26.4 Å². The Hall–Kier alpha value is -2.38. The molecule has 0 saturated carbocycles. The van der Waals surface area contributed by atoms with Crippen molar-refractivity contribution < 1.29 is 9.90 Å². The summed E-state index contributed by atoms with van der Waals surface area (Å²) in [7, 11) is 1.51. The first kappa shape index (κ1) is 13.1. The molecule has 0 atom stereocenters. The van der Waals surface area contributed by atoms with Crippen molar-refractivity contribution in [3.8, 4) is 0 Å². The third-order valence-corrected chi connectivity index (χ3v) is 2.85. The molecule has 2 aromatic rings. The van der Waals surface area contributed by atoms with Gasteiger partial charge in [0.1, 0.15) is 6.54 Å². The molecule has 0 aliphatic carbocycles. The number of carboxylic acids is 1. The number of hydrogen-bond donors (Lipinski definition) is 1. The Labute approximate surface area is 107 Å². The van der Waals surface area contributed by atoms with Crippen molar-refractivity contribution in [3.05, 3.63) is 27.2 Å². The van der Waals surface area contributed by atoms with Crippen LogP contribution in [-0.2, 0) is 24.9 Å². The highest BCUT2D eigenvalue weighted by Gasteiger charge is 2.16. The Bertz CT molecular complexity index is 752. The fourth-order valence-corrected chi connectivity index (χ4v) is 2.01. The molecule has 0 unspecified atom stereocenters. The zero-order valence-corrected chi connectivity index (χ0v) is 10.7. The lowest BCUT2D eigenvalue weighted by Gasteiger charge is -2.07. The standard InChI is InChI=1S/C11H14N4O4/c1-3-4-15-10(18)8-9(13(2)11(15)19)12-6-14(8)5-7(16)17/h6H,3-5H2,1-2H3,(H,16,17). The first-order valence-electron chi connectivity index (χ1n) is 5.83. The lowest BCUT2D eigenvalue weighted by atomic mass is 10.4. The minimum Gasteiger partial charge on any atom is -0.480 e. The maximum atomic E-state index is 12.3. The van der Waals surface area contributed by atoms with Gasteiger partial charge >= 0.3 is 11.7 Å². The number of hydrogen-bond acceptors (Lipinski definition) is 4. The predicted octanol–water partition coefficient (Wildman–Crippen LogP) is -0.609. The number of fused-ring (bicyclic) bond motifs is 1. The van der Waals surface area contributed by atoms with Crippen molar-refractivity contribution in [2.24, 2.45) is 7.05 Å². The van der Waals surface area contributed by atoms with Crippen molar-refractivity contribution >= 4 is 17.1 Å². The van der Waals surface area contributed by atoms with Gasteiger partial charge in [0.25, 0.3) is 5.56 Å². The van der Waals surface area contributed by atoms with Crippen LogP contribution in [0.3, 0.4) is 0 Å². The highest BCUT2D eigenvalue weighted by atomic mass is 16.4. The molecule has 2 heterocycles. The van der Waals surface area contributed by atoms with E-state index in [-0.39, 0.29) is 17.7 Å². The second kappa shape index (κ2) is 4.71. The van der Waals surface area contributed by atoms with Gasteiger partial charge in [0, 0.05) is 13.6 Å². The van der Waals surface area contributed by atoms with Crippen LogP contribution in [0.2, 0.25) is 0 Å². The molecule has 0 fully saturated rings. The minimum atomic E-state index is -1.07. The SMILES string of the molecule is CCCn1c(=O)c2c(ncn2CC(=O)O)n(C)c1=O. The summed E-state index contributed by atoms with van der Waals surface area (Å²) < 4.78 is 3.60. The Morgan fingerprint density at radius 2 is 2.11 bits per heavy atom. The number of aliphatic carboxylic acids is 1. The summed E-state index contributed by atoms with van der Waals surface area (Å²) in [5.74, 6) is -1.07. The van der Waals surface area contributed by atoms with Gasteiger partial charge in [-0.05, 0) is 6.42 Å². The summed E-state index contributed by atoms with van der Waals surface area (Å²) in [6.07, 6.45) is 1.89. The third-order valence-electron chi connectivity index (χ3n) is 2.85. The maximum absolute atomic E-state index is 12.3. The van der Waals surface area contributed by atoms with Crippen LogP contribution in [0.4, 0.5) is 0 Å². The maximum Gasteiger partial charge on any atom is 0.332 e. The number of aromatic nitrogens is 4. The van der Waals surface area contributed by atoms with E-state index in [2.05, 4.69) is 4.98 Å². The van der Waals surface area contributed by atoms with Crippen molar-refractivity contribution in [1.82, 2.24) is 18.7 Å². The smallest absolute Gasteiger partial charge is 0.332 e. The highest BCUT2D eigenvalue weighted by molar-refractivity contribution is 5.74. The number of nitrogens with zero attached hydrogens (tertiary/aromatic N) is 4. The van der Waals surface area contributed by atoms with E-state index in [0.717, 1.165) is 4.57 Å². The summed E-state index contributed by atoms with van der Waals surface area (Å²) in [5, 5.41) is 8.81. The van der Waals surface area contributed by atoms with E-state index in [4.69, 9.17) is 5.11 Å². The van der Waals surface area contributed by atoms with Crippen LogP contribution in [0, 0.1) is 0 Å². The minimum absolute atomic E-state index is 0.137. The summed E-state index contributed by atoms with van der Waals surface area (Å²) in [6.45, 7) is 1.78. The molecule has 8 nitrogen and oxygen atoms in total. The quantitative estimate of drug-likeness (QED) is 0.796. The number of rotatable bonds is 4. The molecule has 0 bridgehead atoms. The van der Waals surface area contributed by atoms with Crippen LogP contribution in [0.5, 0.6) is 0 Å². The van der Waals surface area contributed by atoms with Crippen LogP contribution in [-0.4, -0.2) is 29.8 Å². The first-order chi connectivity index (χ1) is 8.97. The predicted molar refractivity (Wildman–Crippen MR) is 67.2 cm³/mol. The molecule has 19 heavy (non-hydrogen) atoms. The molecule has 0 aliphatic heterocycles.